The van der Waals surface area contributed by atoms with Gasteiger partial charge in [-0.25, -0.2) is 0 Å². The molecule has 1 aromatic heterocycles. The Labute approximate surface area is 350 Å². The van der Waals surface area contributed by atoms with Crippen molar-refractivity contribution >= 4 is 39.0 Å². The maximum atomic E-state index is 6.37. The van der Waals surface area contributed by atoms with E-state index in [1.807, 2.05) is 6.07 Å². The van der Waals surface area contributed by atoms with Gasteiger partial charge in [0.15, 0.2) is 0 Å². The van der Waals surface area contributed by atoms with Crippen LogP contribution in [0.4, 0.5) is 17.1 Å². The Kier molecular flexibility index (Phi) is 7.52. The van der Waals surface area contributed by atoms with Crippen LogP contribution in [0.3, 0.4) is 0 Å². The van der Waals surface area contributed by atoms with Gasteiger partial charge in [0.25, 0.3) is 0 Å². The highest BCUT2D eigenvalue weighted by molar-refractivity contribution is 6.12. The first-order valence-electron chi connectivity index (χ1n) is 20.9. The molecule has 0 aliphatic heterocycles. The Bertz CT molecular complexity index is 3160. The monoisotopic (exact) mass is 767 g/mol. The molecule has 10 aromatic rings. The van der Waals surface area contributed by atoms with E-state index in [1.165, 1.54) is 55.6 Å². The molecule has 0 saturated heterocycles. The fraction of sp³-hybridized carbons (Fsp3) is 0.0690. The third kappa shape index (κ3) is 4.88. The van der Waals surface area contributed by atoms with Crippen LogP contribution in [-0.2, 0) is 10.8 Å². The van der Waals surface area contributed by atoms with Crippen molar-refractivity contribution in [3.63, 3.8) is 0 Å². The number of hydrogen-bond acceptors (Lipinski definition) is 2. The summed E-state index contributed by atoms with van der Waals surface area (Å²) in [7, 11) is 0. The number of nitrogens with zero attached hydrogens (tertiary/aromatic N) is 1. The zero-order valence-electron chi connectivity index (χ0n) is 33.6. The van der Waals surface area contributed by atoms with Crippen LogP contribution in [0.15, 0.2) is 217 Å². The summed E-state index contributed by atoms with van der Waals surface area (Å²) in [5.41, 5.74) is 19.8. The summed E-state index contributed by atoms with van der Waals surface area (Å²) in [4.78, 5) is 2.47. The summed E-state index contributed by atoms with van der Waals surface area (Å²) < 4.78 is 6.37. The van der Waals surface area contributed by atoms with Gasteiger partial charge in [-0.05, 0) is 129 Å². The molecule has 2 atom stereocenters. The van der Waals surface area contributed by atoms with Crippen molar-refractivity contribution in [3.05, 3.63) is 246 Å². The fourth-order valence-corrected chi connectivity index (χ4v) is 10.7. The number of benzene rings is 9. The average molecular weight is 768 g/mol. The highest BCUT2D eigenvalue weighted by Gasteiger charge is 2.43. The molecule has 2 unspecified atom stereocenters. The highest BCUT2D eigenvalue weighted by atomic mass is 16.3. The van der Waals surface area contributed by atoms with E-state index in [1.54, 1.807) is 0 Å². The van der Waals surface area contributed by atoms with Crippen LogP contribution in [0.2, 0.25) is 0 Å². The smallest absolute Gasteiger partial charge is 0.136 e. The Morgan fingerprint density at radius 3 is 1.43 bits per heavy atom. The van der Waals surface area contributed by atoms with E-state index in [2.05, 4.69) is 225 Å². The van der Waals surface area contributed by atoms with E-state index in [-0.39, 0.29) is 10.8 Å². The van der Waals surface area contributed by atoms with Gasteiger partial charge in [0.1, 0.15) is 11.2 Å². The average Bonchev–Trinajstić information content (AvgIpc) is 3.91. The van der Waals surface area contributed by atoms with Crippen LogP contribution < -0.4 is 4.90 Å². The van der Waals surface area contributed by atoms with Crippen molar-refractivity contribution in [3.8, 4) is 33.4 Å². The first-order chi connectivity index (χ1) is 29.5. The highest BCUT2D eigenvalue weighted by Crippen LogP contribution is 2.56. The number of anilines is 3. The normalized spacial score (nSPS) is 17.3. The molecule has 0 bridgehead atoms. The van der Waals surface area contributed by atoms with Gasteiger partial charge in [-0.15, -0.1) is 0 Å². The van der Waals surface area contributed by atoms with Crippen LogP contribution in [-0.4, -0.2) is 0 Å². The lowest BCUT2D eigenvalue weighted by Crippen LogP contribution is -2.23. The molecule has 284 valence electrons. The molecular weight excluding hydrogens is 727 g/mol. The minimum Gasteiger partial charge on any atom is -0.456 e. The van der Waals surface area contributed by atoms with Crippen molar-refractivity contribution in [1.82, 2.24) is 0 Å². The molecule has 9 aromatic carbocycles. The summed E-state index contributed by atoms with van der Waals surface area (Å²) in [6.07, 6.45) is 0. The SMILES string of the molecule is CC1(c2ccccc2)c2ccccc2-c2ccc(N(c3cccc(-c4cccc5oc6ccccc6c45)c3)c3ccc4c(c3)C(C)(c3ccccc3)c3ccccc3-4)cc21. The van der Waals surface area contributed by atoms with Crippen molar-refractivity contribution in [1.29, 1.82) is 0 Å². The van der Waals surface area contributed by atoms with E-state index in [0.29, 0.717) is 0 Å². The van der Waals surface area contributed by atoms with Gasteiger partial charge in [-0.1, -0.05) is 164 Å². The minimum atomic E-state index is -0.333. The lowest BCUT2D eigenvalue weighted by Gasteiger charge is -2.32. The lowest BCUT2D eigenvalue weighted by molar-refractivity contribution is 0.669. The second kappa shape index (κ2) is 13.0. The van der Waals surface area contributed by atoms with Gasteiger partial charge in [0.05, 0.1) is 0 Å². The van der Waals surface area contributed by atoms with Gasteiger partial charge in [-0.2, -0.15) is 0 Å². The molecule has 0 amide bonds. The topological polar surface area (TPSA) is 16.4 Å². The number of para-hydroxylation sites is 1. The third-order valence-electron chi connectivity index (χ3n) is 13.6. The number of furan rings is 1. The van der Waals surface area contributed by atoms with E-state index < -0.39 is 0 Å². The van der Waals surface area contributed by atoms with E-state index in [4.69, 9.17) is 4.42 Å². The maximum absolute atomic E-state index is 6.37. The molecule has 60 heavy (non-hydrogen) atoms. The van der Waals surface area contributed by atoms with Crippen LogP contribution in [0.1, 0.15) is 47.2 Å². The van der Waals surface area contributed by atoms with Gasteiger partial charge in [0.2, 0.25) is 0 Å². The predicted octanol–water partition coefficient (Wildman–Crippen LogP) is 15.4. The maximum Gasteiger partial charge on any atom is 0.136 e. The Morgan fingerprint density at radius 1 is 0.350 bits per heavy atom. The molecule has 0 spiro atoms. The minimum absolute atomic E-state index is 0.333. The van der Waals surface area contributed by atoms with Crippen LogP contribution in [0.5, 0.6) is 0 Å². The zero-order chi connectivity index (χ0) is 40.0. The number of rotatable bonds is 6. The molecule has 12 rings (SSSR count). The number of hydrogen-bond donors (Lipinski definition) is 0. The van der Waals surface area contributed by atoms with Gasteiger partial charge < -0.3 is 9.32 Å². The second-order valence-corrected chi connectivity index (χ2v) is 16.7. The van der Waals surface area contributed by atoms with Crippen LogP contribution >= 0.6 is 0 Å². The summed E-state index contributed by atoms with van der Waals surface area (Å²) in [6, 6.07) is 78.0. The summed E-state index contributed by atoms with van der Waals surface area (Å²) >= 11 is 0. The third-order valence-corrected chi connectivity index (χ3v) is 13.6. The second-order valence-electron chi connectivity index (χ2n) is 16.7. The molecule has 0 saturated carbocycles. The first-order valence-corrected chi connectivity index (χ1v) is 20.9. The summed E-state index contributed by atoms with van der Waals surface area (Å²) in [5.74, 6) is 0. The molecule has 2 nitrogen and oxygen atoms in total. The van der Waals surface area contributed by atoms with Crippen molar-refractivity contribution in [2.75, 3.05) is 4.90 Å². The van der Waals surface area contributed by atoms with Crippen molar-refractivity contribution in [2.45, 2.75) is 24.7 Å². The molecule has 0 N–H and O–H groups in total. The largest absolute Gasteiger partial charge is 0.456 e. The zero-order valence-corrected chi connectivity index (χ0v) is 33.6. The fourth-order valence-electron chi connectivity index (χ4n) is 10.7. The summed E-state index contributed by atoms with van der Waals surface area (Å²) in [5, 5.41) is 2.27. The Morgan fingerprint density at radius 2 is 0.817 bits per heavy atom. The van der Waals surface area contributed by atoms with E-state index >= 15 is 0 Å². The Hall–Kier alpha value is -7.42. The molecule has 0 radical (unpaired) electrons. The molecule has 1 heterocycles. The molecule has 2 aliphatic carbocycles. The quantitative estimate of drug-likeness (QED) is 0.168. The van der Waals surface area contributed by atoms with E-state index in [9.17, 15) is 0 Å². The van der Waals surface area contributed by atoms with Crippen molar-refractivity contribution < 1.29 is 4.42 Å². The van der Waals surface area contributed by atoms with Gasteiger partial charge in [-0.3, -0.25) is 0 Å². The predicted molar refractivity (Wildman–Crippen MR) is 249 cm³/mol. The molecule has 2 aliphatic rings. The van der Waals surface area contributed by atoms with Crippen LogP contribution in [0.25, 0.3) is 55.3 Å². The number of fused-ring (bicyclic) bond motifs is 9. The Balaban J connectivity index is 1.10. The van der Waals surface area contributed by atoms with Crippen LogP contribution in [0, 0.1) is 0 Å². The standard InChI is InChI=1S/C58H41NO/c1-57(39-18-5-3-6-19-39)50-27-12-9-23-45(50)47-33-31-42(36-52(47)57)59(41-22-15-17-38(35-41)44-26-16-30-55-56(44)49-25-11-14-29-54(49)60-55)43-32-34-48-46-24-10-13-28-51(46)58(2,53(48)37-43)40-20-7-4-8-21-40/h3-37H,1-2H3. The van der Waals surface area contributed by atoms with E-state index in [0.717, 1.165) is 50.1 Å². The van der Waals surface area contributed by atoms with Gasteiger partial charge in [0, 0.05) is 38.7 Å². The lowest BCUT2D eigenvalue weighted by atomic mass is 9.74. The van der Waals surface area contributed by atoms with Crippen molar-refractivity contribution in [2.24, 2.45) is 0 Å². The first kappa shape index (κ1) is 34.6. The molecule has 0 fully saturated rings. The van der Waals surface area contributed by atoms with Gasteiger partial charge >= 0.3 is 0 Å². The summed E-state index contributed by atoms with van der Waals surface area (Å²) in [6.45, 7) is 4.80. The molecule has 2 heteroatoms. The molecular formula is C58H41NO.